The molecule has 0 heterocycles. The molecule has 0 aliphatic rings. The largest absolute Gasteiger partial charge is 0.496 e. The van der Waals surface area contributed by atoms with Crippen LogP contribution >= 0.6 is 0 Å². The van der Waals surface area contributed by atoms with Gasteiger partial charge in [0.15, 0.2) is 11.5 Å². The molecule has 1 unspecified atom stereocenters. The summed E-state index contributed by atoms with van der Waals surface area (Å²) < 4.78 is 15.9. The second-order valence-corrected chi connectivity index (χ2v) is 4.97. The molecule has 0 aliphatic carbocycles. The molecule has 1 aromatic carbocycles. The Kier molecular flexibility index (Phi) is 6.10. The van der Waals surface area contributed by atoms with Crippen LogP contribution in [0.15, 0.2) is 12.1 Å². The van der Waals surface area contributed by atoms with E-state index in [-0.39, 0.29) is 0 Å². The number of rotatable bonds is 8. The van der Waals surface area contributed by atoms with Crippen LogP contribution in [0.5, 0.6) is 17.2 Å². The maximum absolute atomic E-state index is 9.97. The Balaban J connectivity index is 2.83. The fraction of sp³-hybridized carbons (Fsp3) is 0.600. The summed E-state index contributed by atoms with van der Waals surface area (Å²) in [5.74, 6) is 2.02. The van der Waals surface area contributed by atoms with Gasteiger partial charge in [0, 0.05) is 24.7 Å². The van der Waals surface area contributed by atoms with E-state index in [2.05, 4.69) is 5.32 Å². The molecular formula is C15H25NO4. The molecule has 114 valence electrons. The molecule has 0 fully saturated rings. The first-order valence-corrected chi connectivity index (χ1v) is 6.69. The topological polar surface area (TPSA) is 60.0 Å². The first-order valence-electron chi connectivity index (χ1n) is 6.69. The van der Waals surface area contributed by atoms with Crippen LogP contribution in [0, 0.1) is 0 Å². The molecule has 1 rings (SSSR count). The Morgan fingerprint density at radius 2 is 1.60 bits per heavy atom. The summed E-state index contributed by atoms with van der Waals surface area (Å²) in [6.45, 7) is 4.87. The summed E-state index contributed by atoms with van der Waals surface area (Å²) in [5.41, 5.74) is 0.251. The van der Waals surface area contributed by atoms with Gasteiger partial charge >= 0.3 is 0 Å². The van der Waals surface area contributed by atoms with E-state index in [9.17, 15) is 5.11 Å². The zero-order valence-corrected chi connectivity index (χ0v) is 12.9. The number of nitrogens with one attached hydrogen (secondary N) is 1. The summed E-state index contributed by atoms with van der Waals surface area (Å²) in [7, 11) is 4.81. The lowest BCUT2D eigenvalue weighted by Gasteiger charge is -2.22. The third kappa shape index (κ3) is 4.28. The van der Waals surface area contributed by atoms with Crippen molar-refractivity contribution >= 4 is 0 Å². The Hall–Kier alpha value is -1.46. The average Bonchev–Trinajstić information content (AvgIpc) is 2.46. The fourth-order valence-corrected chi connectivity index (χ4v) is 1.82. The smallest absolute Gasteiger partial charge is 0.164 e. The van der Waals surface area contributed by atoms with Crippen molar-refractivity contribution in [2.75, 3.05) is 27.9 Å². The molecule has 5 nitrogen and oxygen atoms in total. The van der Waals surface area contributed by atoms with Crippen LogP contribution in [0.3, 0.4) is 0 Å². The number of ether oxygens (including phenoxy) is 3. The van der Waals surface area contributed by atoms with Gasteiger partial charge in [0.25, 0.3) is 0 Å². The van der Waals surface area contributed by atoms with Crippen LogP contribution in [-0.2, 0) is 6.54 Å². The van der Waals surface area contributed by atoms with Gasteiger partial charge in [0.05, 0.1) is 26.9 Å². The van der Waals surface area contributed by atoms with Crippen molar-refractivity contribution in [3.8, 4) is 17.2 Å². The van der Waals surface area contributed by atoms with Gasteiger partial charge in [-0.15, -0.1) is 0 Å². The molecule has 1 aromatic rings. The maximum atomic E-state index is 9.97. The van der Waals surface area contributed by atoms with Crippen LogP contribution in [0.25, 0.3) is 0 Å². The van der Waals surface area contributed by atoms with Crippen molar-refractivity contribution in [3.63, 3.8) is 0 Å². The summed E-state index contributed by atoms with van der Waals surface area (Å²) in [4.78, 5) is 0. The highest BCUT2D eigenvalue weighted by molar-refractivity contribution is 5.50. The maximum Gasteiger partial charge on any atom is 0.164 e. The van der Waals surface area contributed by atoms with Crippen molar-refractivity contribution in [1.82, 2.24) is 5.32 Å². The SMILES string of the molecule is CCC(C)(O)CNCc1cc(OC)c(OC)cc1OC. The summed E-state index contributed by atoms with van der Waals surface area (Å²) in [5, 5.41) is 13.2. The number of aliphatic hydroxyl groups is 1. The van der Waals surface area contributed by atoms with Crippen molar-refractivity contribution in [2.24, 2.45) is 0 Å². The Morgan fingerprint density at radius 3 is 2.10 bits per heavy atom. The molecule has 5 heteroatoms. The first-order chi connectivity index (χ1) is 9.47. The number of hydrogen-bond donors (Lipinski definition) is 2. The number of methoxy groups -OCH3 is 3. The van der Waals surface area contributed by atoms with Gasteiger partial charge in [-0.25, -0.2) is 0 Å². The fourth-order valence-electron chi connectivity index (χ4n) is 1.82. The highest BCUT2D eigenvalue weighted by atomic mass is 16.5. The van der Waals surface area contributed by atoms with Crippen molar-refractivity contribution in [3.05, 3.63) is 17.7 Å². The van der Waals surface area contributed by atoms with E-state index >= 15 is 0 Å². The summed E-state index contributed by atoms with van der Waals surface area (Å²) >= 11 is 0. The van der Waals surface area contributed by atoms with Crippen LogP contribution in [-0.4, -0.2) is 38.6 Å². The van der Waals surface area contributed by atoms with E-state index in [1.54, 1.807) is 27.4 Å². The third-order valence-corrected chi connectivity index (χ3v) is 3.37. The van der Waals surface area contributed by atoms with Crippen molar-refractivity contribution < 1.29 is 19.3 Å². The van der Waals surface area contributed by atoms with Gasteiger partial charge in [0.1, 0.15) is 5.75 Å². The first kappa shape index (κ1) is 16.6. The Labute approximate surface area is 120 Å². The molecule has 20 heavy (non-hydrogen) atoms. The average molecular weight is 283 g/mol. The van der Waals surface area contributed by atoms with E-state index in [1.165, 1.54) is 0 Å². The predicted molar refractivity (Wildman–Crippen MR) is 78.7 cm³/mol. The minimum Gasteiger partial charge on any atom is -0.496 e. The quantitative estimate of drug-likeness (QED) is 0.764. The highest BCUT2D eigenvalue weighted by Crippen LogP contribution is 2.34. The molecular weight excluding hydrogens is 258 g/mol. The van der Waals surface area contributed by atoms with E-state index in [0.717, 1.165) is 11.3 Å². The normalized spacial score (nSPS) is 13.7. The molecule has 0 aliphatic heterocycles. The molecule has 0 aromatic heterocycles. The lowest BCUT2D eigenvalue weighted by molar-refractivity contribution is 0.0555. The van der Waals surface area contributed by atoms with Crippen LogP contribution in [0.1, 0.15) is 25.8 Å². The summed E-state index contributed by atoms with van der Waals surface area (Å²) in [6.07, 6.45) is 0.697. The van der Waals surface area contributed by atoms with E-state index in [1.807, 2.05) is 19.9 Å². The lowest BCUT2D eigenvalue weighted by Crippen LogP contribution is -2.36. The van der Waals surface area contributed by atoms with E-state index < -0.39 is 5.60 Å². The monoisotopic (exact) mass is 283 g/mol. The second kappa shape index (κ2) is 7.36. The third-order valence-electron chi connectivity index (χ3n) is 3.37. The minimum absolute atomic E-state index is 0.515. The predicted octanol–water partition coefficient (Wildman–Crippen LogP) is 1.96. The minimum atomic E-state index is -0.705. The lowest BCUT2D eigenvalue weighted by atomic mass is 10.0. The van der Waals surface area contributed by atoms with Gasteiger partial charge in [-0.3, -0.25) is 0 Å². The molecule has 0 amide bonds. The van der Waals surface area contributed by atoms with Gasteiger partial charge < -0.3 is 24.6 Å². The van der Waals surface area contributed by atoms with Gasteiger partial charge in [-0.2, -0.15) is 0 Å². The van der Waals surface area contributed by atoms with E-state index in [4.69, 9.17) is 14.2 Å². The number of hydrogen-bond acceptors (Lipinski definition) is 5. The molecule has 0 spiro atoms. The second-order valence-electron chi connectivity index (χ2n) is 4.97. The van der Waals surface area contributed by atoms with E-state index in [0.29, 0.717) is 31.0 Å². The van der Waals surface area contributed by atoms with Gasteiger partial charge in [0.2, 0.25) is 0 Å². The van der Waals surface area contributed by atoms with Crippen molar-refractivity contribution in [1.29, 1.82) is 0 Å². The zero-order chi connectivity index (χ0) is 15.2. The number of benzene rings is 1. The molecule has 0 bridgehead atoms. The zero-order valence-electron chi connectivity index (χ0n) is 12.9. The molecule has 0 saturated carbocycles. The Bertz CT molecular complexity index is 432. The molecule has 1 atom stereocenters. The molecule has 2 N–H and O–H groups in total. The van der Waals surface area contributed by atoms with Gasteiger partial charge in [-0.1, -0.05) is 6.92 Å². The van der Waals surface area contributed by atoms with Gasteiger partial charge in [-0.05, 0) is 19.4 Å². The van der Waals surface area contributed by atoms with Crippen LogP contribution in [0.4, 0.5) is 0 Å². The standard InChI is InChI=1S/C15H25NO4/c1-6-15(2,17)10-16-9-11-7-13(19-4)14(20-5)8-12(11)18-3/h7-8,16-17H,6,9-10H2,1-5H3. The molecule has 0 radical (unpaired) electrons. The summed E-state index contributed by atoms with van der Waals surface area (Å²) in [6, 6.07) is 3.68. The Morgan fingerprint density at radius 1 is 1.05 bits per heavy atom. The van der Waals surface area contributed by atoms with Crippen molar-refractivity contribution in [2.45, 2.75) is 32.4 Å². The van der Waals surface area contributed by atoms with Crippen LogP contribution < -0.4 is 19.5 Å². The van der Waals surface area contributed by atoms with Crippen LogP contribution in [0.2, 0.25) is 0 Å². The highest BCUT2D eigenvalue weighted by Gasteiger charge is 2.17. The molecule has 0 saturated heterocycles.